The Morgan fingerprint density at radius 1 is 1.61 bits per heavy atom. The summed E-state index contributed by atoms with van der Waals surface area (Å²) in [7, 11) is 1.62. The summed E-state index contributed by atoms with van der Waals surface area (Å²) in [6, 6.07) is 0. The molecule has 2 atom stereocenters. The smallest absolute Gasteiger partial charge is 0.371 e. The van der Waals surface area contributed by atoms with Crippen LogP contribution in [0.5, 0.6) is 0 Å². The molecule has 2 N–H and O–H groups in total. The van der Waals surface area contributed by atoms with Crippen LogP contribution >= 0.6 is 0 Å². The maximum Gasteiger partial charge on any atom is 0.398 e. The van der Waals surface area contributed by atoms with E-state index in [1.165, 1.54) is 6.21 Å². The molecule has 0 aromatic rings. The minimum Gasteiger partial charge on any atom is -0.371 e. The number of nitrogens with one attached hydrogen (secondary N) is 2. The fourth-order valence-electron chi connectivity index (χ4n) is 2.23. The highest BCUT2D eigenvalue weighted by Gasteiger charge is 2.48. The molecule has 0 bridgehead atoms. The lowest BCUT2D eigenvalue weighted by molar-refractivity contribution is -0.164. The van der Waals surface area contributed by atoms with Crippen molar-refractivity contribution in [2.75, 3.05) is 13.6 Å². The fourth-order valence-corrected chi connectivity index (χ4v) is 2.23. The number of halogens is 3. The molecule has 0 radical (unpaired) electrons. The second kappa shape index (κ2) is 4.29. The van der Waals surface area contributed by atoms with Gasteiger partial charge < -0.3 is 15.6 Å². The van der Waals surface area contributed by atoms with Crippen LogP contribution < -0.4 is 5.32 Å². The van der Waals surface area contributed by atoms with E-state index < -0.39 is 18.3 Å². The predicted molar refractivity (Wildman–Crippen MR) is 62.6 cm³/mol. The first-order valence-corrected chi connectivity index (χ1v) is 5.65. The molecule has 0 saturated carbocycles. The lowest BCUT2D eigenvalue weighted by atomic mass is 10.1. The molecule has 100 valence electrons. The van der Waals surface area contributed by atoms with E-state index >= 15 is 0 Å². The van der Waals surface area contributed by atoms with Crippen molar-refractivity contribution >= 4 is 11.9 Å². The third kappa shape index (κ3) is 2.34. The molecule has 0 aliphatic carbocycles. The van der Waals surface area contributed by atoms with Crippen LogP contribution in [-0.2, 0) is 0 Å². The van der Waals surface area contributed by atoms with Crippen molar-refractivity contribution in [2.45, 2.75) is 25.7 Å². The molecule has 0 aromatic heterocycles. The van der Waals surface area contributed by atoms with E-state index in [4.69, 9.17) is 5.41 Å². The van der Waals surface area contributed by atoms with Gasteiger partial charge >= 0.3 is 6.18 Å². The van der Waals surface area contributed by atoms with Crippen LogP contribution in [0.2, 0.25) is 0 Å². The molecule has 0 aromatic carbocycles. The minimum atomic E-state index is -4.26. The molecule has 0 fully saturated rings. The van der Waals surface area contributed by atoms with Crippen molar-refractivity contribution in [1.82, 2.24) is 10.2 Å². The second-order valence-corrected chi connectivity index (χ2v) is 4.70. The monoisotopic (exact) mass is 260 g/mol. The summed E-state index contributed by atoms with van der Waals surface area (Å²) in [6.45, 7) is 1.53. The Bertz CT molecular complexity index is 424. The number of aliphatic imine (C=N–C) groups is 1. The Balaban J connectivity index is 2.21. The lowest BCUT2D eigenvalue weighted by Crippen LogP contribution is -2.38. The van der Waals surface area contributed by atoms with Gasteiger partial charge in [0, 0.05) is 31.9 Å². The summed E-state index contributed by atoms with van der Waals surface area (Å²) in [6.07, 6.45) is -2.92. The van der Waals surface area contributed by atoms with Crippen molar-refractivity contribution in [2.24, 2.45) is 10.9 Å². The first-order valence-electron chi connectivity index (χ1n) is 5.65. The zero-order chi connectivity index (χ0) is 13.5. The summed E-state index contributed by atoms with van der Waals surface area (Å²) >= 11 is 0. The van der Waals surface area contributed by atoms with Crippen molar-refractivity contribution < 1.29 is 13.2 Å². The van der Waals surface area contributed by atoms with Crippen LogP contribution in [-0.4, -0.2) is 42.8 Å². The summed E-state index contributed by atoms with van der Waals surface area (Å²) < 4.78 is 38.7. The van der Waals surface area contributed by atoms with Crippen LogP contribution in [0.25, 0.3) is 0 Å². The van der Waals surface area contributed by atoms with Gasteiger partial charge in [-0.15, -0.1) is 0 Å². The van der Waals surface area contributed by atoms with Crippen molar-refractivity contribution in [1.29, 1.82) is 5.41 Å². The molecule has 2 unspecified atom stereocenters. The first kappa shape index (κ1) is 12.9. The lowest BCUT2D eigenvalue weighted by Gasteiger charge is -2.25. The number of hydrogen-bond donors (Lipinski definition) is 2. The summed E-state index contributed by atoms with van der Waals surface area (Å²) in [5.74, 6) is -1.49. The van der Waals surface area contributed by atoms with Gasteiger partial charge in [-0.25, -0.2) is 0 Å². The van der Waals surface area contributed by atoms with E-state index in [1.807, 2.05) is 0 Å². The normalized spacial score (nSPS) is 27.3. The van der Waals surface area contributed by atoms with E-state index in [0.717, 1.165) is 0 Å². The molecule has 0 spiro atoms. The Kier molecular flexibility index (Phi) is 3.08. The molecule has 0 saturated heterocycles. The number of nitrogens with zero attached hydrogens (tertiary/aromatic N) is 2. The molecule has 2 aliphatic heterocycles. The number of rotatable bonds is 2. The van der Waals surface area contributed by atoms with Gasteiger partial charge in [0.05, 0.1) is 11.4 Å². The van der Waals surface area contributed by atoms with Gasteiger partial charge in [-0.1, -0.05) is 0 Å². The standard InChI is InChI=1S/C11H15F3N4/c1-6(15)3-9-16-4-8-10(17-9)7(5-18(8)2)11(12,13)14/h4,7,9,15,17H,3,5H2,1-2H3. The van der Waals surface area contributed by atoms with Crippen LogP contribution in [0.4, 0.5) is 13.2 Å². The van der Waals surface area contributed by atoms with Crippen molar-refractivity contribution in [3.05, 3.63) is 11.4 Å². The molecule has 4 nitrogen and oxygen atoms in total. The predicted octanol–water partition coefficient (Wildman–Crippen LogP) is 1.75. The Labute approximate surface area is 103 Å². The van der Waals surface area contributed by atoms with Gasteiger partial charge in [0.2, 0.25) is 0 Å². The maximum absolute atomic E-state index is 12.9. The number of allylic oxidation sites excluding steroid dienone is 1. The maximum atomic E-state index is 12.9. The molecular weight excluding hydrogens is 245 g/mol. The van der Waals surface area contributed by atoms with E-state index in [-0.39, 0.29) is 12.2 Å². The van der Waals surface area contributed by atoms with Gasteiger partial charge in [-0.2, -0.15) is 13.2 Å². The van der Waals surface area contributed by atoms with Crippen LogP contribution in [0.1, 0.15) is 13.3 Å². The molecule has 7 heteroatoms. The average Bonchev–Trinajstić information content (AvgIpc) is 2.54. The SMILES string of the molecule is CC(=N)CC1N=CC2=C(N1)C(C(F)(F)F)CN2C. The summed E-state index contributed by atoms with van der Waals surface area (Å²) in [5.41, 5.74) is 1.08. The average molecular weight is 260 g/mol. The highest BCUT2D eigenvalue weighted by atomic mass is 19.4. The highest BCUT2D eigenvalue weighted by Crippen LogP contribution is 2.38. The fraction of sp³-hybridized carbons (Fsp3) is 0.636. The molecule has 18 heavy (non-hydrogen) atoms. The molecule has 2 aliphatic rings. The largest absolute Gasteiger partial charge is 0.398 e. The van der Waals surface area contributed by atoms with Crippen LogP contribution in [0.15, 0.2) is 16.4 Å². The second-order valence-electron chi connectivity index (χ2n) is 4.70. The Morgan fingerprint density at radius 2 is 2.28 bits per heavy atom. The zero-order valence-electron chi connectivity index (χ0n) is 10.2. The van der Waals surface area contributed by atoms with Gasteiger partial charge in [0.1, 0.15) is 12.1 Å². The van der Waals surface area contributed by atoms with Gasteiger partial charge in [0.25, 0.3) is 0 Å². The zero-order valence-corrected chi connectivity index (χ0v) is 10.2. The van der Waals surface area contributed by atoms with E-state index in [0.29, 0.717) is 17.8 Å². The third-order valence-corrected chi connectivity index (χ3v) is 3.09. The first-order chi connectivity index (χ1) is 8.29. The van der Waals surface area contributed by atoms with Crippen molar-refractivity contribution in [3.8, 4) is 0 Å². The van der Waals surface area contributed by atoms with Crippen molar-refractivity contribution in [3.63, 3.8) is 0 Å². The summed E-state index contributed by atoms with van der Waals surface area (Å²) in [4.78, 5) is 5.69. The summed E-state index contributed by atoms with van der Waals surface area (Å²) in [5, 5.41) is 10.2. The van der Waals surface area contributed by atoms with Gasteiger partial charge in [-0.3, -0.25) is 4.99 Å². The van der Waals surface area contributed by atoms with Gasteiger partial charge in [0.15, 0.2) is 0 Å². The molecule has 2 rings (SSSR count). The highest BCUT2D eigenvalue weighted by molar-refractivity contribution is 5.83. The molecular formula is C11H15F3N4. The number of hydrogen-bond acceptors (Lipinski definition) is 4. The van der Waals surface area contributed by atoms with E-state index in [1.54, 1.807) is 18.9 Å². The topological polar surface area (TPSA) is 51.5 Å². The number of alkyl halides is 3. The van der Waals surface area contributed by atoms with E-state index in [2.05, 4.69) is 10.3 Å². The quantitative estimate of drug-likeness (QED) is 0.743. The van der Waals surface area contributed by atoms with Crippen LogP contribution in [0, 0.1) is 11.3 Å². The van der Waals surface area contributed by atoms with E-state index in [9.17, 15) is 13.2 Å². The molecule has 0 amide bonds. The Morgan fingerprint density at radius 3 is 2.83 bits per heavy atom. The van der Waals surface area contributed by atoms with Crippen LogP contribution in [0.3, 0.4) is 0 Å². The molecule has 2 heterocycles. The third-order valence-electron chi connectivity index (χ3n) is 3.09. The minimum absolute atomic E-state index is 0.0799. The van der Waals surface area contributed by atoms with Gasteiger partial charge in [-0.05, 0) is 6.92 Å². The Hall–Kier alpha value is -1.53.